The fourth-order valence-electron chi connectivity index (χ4n) is 9.48. The van der Waals surface area contributed by atoms with E-state index < -0.39 is 107 Å². The van der Waals surface area contributed by atoms with Gasteiger partial charge in [0.15, 0.2) is 18.2 Å². The van der Waals surface area contributed by atoms with E-state index >= 15 is 4.39 Å². The molecule has 4 N–H and O–H groups in total. The number of rotatable bonds is 11. The molecule has 13 atom stereocenters. The number of amides is 1. The maximum absolute atomic E-state index is 17.2. The highest BCUT2D eigenvalue weighted by Gasteiger charge is 2.63. The molecule has 0 spiro atoms. The molecule has 18 nitrogen and oxygen atoms in total. The summed E-state index contributed by atoms with van der Waals surface area (Å²) in [5, 5.41) is 15.4. The van der Waals surface area contributed by atoms with Crippen LogP contribution in [0.25, 0.3) is 17.0 Å². The molecule has 3 aliphatic heterocycles. The average Bonchev–Trinajstić information content (AvgIpc) is 3.62. The number of nitrogen functional groups attached to an aromatic ring is 1. The number of esters is 1. The second-order valence-corrected chi connectivity index (χ2v) is 17.9. The van der Waals surface area contributed by atoms with E-state index in [1.807, 2.05) is 47.4 Å². The van der Waals surface area contributed by atoms with Crippen molar-refractivity contribution in [3.63, 3.8) is 0 Å². The number of ketones is 2. The SMILES string of the molecule is CC[C@H]1OC(=O)[C@@](C)(F)C(=O)[C@H](C)[C@@H](O[C@@H]2O[C@H](COC/C=C/c3cnc4ccccc4c3)CC(N(C)C)C2O)[C@](C)(OC)C[C@@H](C)C(=O)[C@H](C)[C@H]2NC(=O)O[C@@]21n1ccc(N)nc1=O. The Balaban J connectivity index is 1.31. The zero-order valence-electron chi connectivity index (χ0n) is 38.3. The Morgan fingerprint density at radius 1 is 1.09 bits per heavy atom. The molecule has 0 aliphatic carbocycles. The van der Waals surface area contributed by atoms with Crippen LogP contribution in [0.3, 0.4) is 0 Å². The standard InChI is InChI=1S/C46H61FN6O12/c1-10-33-46(53-18-17-34(48)50-42(53)58)37(51-43(59)65-46)26(3)35(54)25(2)22-44(5,60-9)39(27(4)38(56)45(6,47)41(57)63-33)64-40-36(55)32(52(7)8)21-30(62-40)24-61-19-13-14-28-20-29-15-11-12-16-31(29)49-23-28/h11-18,20,23,25-27,30,32-33,36-37,39-40,55H,10,19,21-22,24H2,1-9H3,(H,51,59)(H2,48,50,58)/b14-13+/t25-,26+,27+,30+,32?,33-,36?,37-,39-,40+,44-,45+,46-/m1/s1. The van der Waals surface area contributed by atoms with E-state index in [0.29, 0.717) is 6.42 Å². The highest BCUT2D eigenvalue weighted by Crippen LogP contribution is 2.43. The molecule has 5 heterocycles. The fraction of sp³-hybridized carbons (Fsp3) is 0.587. The third-order valence-electron chi connectivity index (χ3n) is 13.1. The second kappa shape index (κ2) is 19.7. The summed E-state index contributed by atoms with van der Waals surface area (Å²) in [7, 11) is 4.90. The number of ether oxygens (including phenoxy) is 6. The summed E-state index contributed by atoms with van der Waals surface area (Å²) in [5.74, 6) is -7.14. The number of benzene rings is 1. The number of methoxy groups -OCH3 is 1. The largest absolute Gasteiger partial charge is 0.453 e. The first-order chi connectivity index (χ1) is 30.7. The molecule has 0 saturated carbocycles. The third-order valence-corrected chi connectivity index (χ3v) is 13.1. The van der Waals surface area contributed by atoms with Crippen molar-refractivity contribution in [2.24, 2.45) is 17.8 Å². The number of likely N-dealkylation sites (N-methyl/N-ethyl adjacent to an activating group) is 1. The Bertz CT molecular complexity index is 2330. The topological polar surface area (TPSA) is 233 Å². The molecule has 2 aromatic heterocycles. The molecule has 19 heteroatoms. The molecule has 2 unspecified atom stereocenters. The van der Waals surface area contributed by atoms with E-state index in [0.717, 1.165) is 28.0 Å². The number of hydrogen-bond donors (Lipinski definition) is 3. The van der Waals surface area contributed by atoms with Gasteiger partial charge in [-0.15, -0.1) is 0 Å². The number of hydrogen-bond acceptors (Lipinski definition) is 16. The molecule has 354 valence electrons. The molecule has 65 heavy (non-hydrogen) atoms. The number of anilines is 1. The van der Waals surface area contributed by atoms with Gasteiger partial charge in [-0.25, -0.2) is 18.8 Å². The van der Waals surface area contributed by atoms with Crippen LogP contribution in [0.15, 0.2) is 59.7 Å². The van der Waals surface area contributed by atoms with Crippen molar-refractivity contribution in [3.8, 4) is 0 Å². The predicted octanol–water partition coefficient (Wildman–Crippen LogP) is 3.56. The first-order valence-electron chi connectivity index (χ1n) is 21.8. The predicted molar refractivity (Wildman–Crippen MR) is 235 cm³/mol. The Morgan fingerprint density at radius 2 is 1.82 bits per heavy atom. The molecular weight excluding hydrogens is 848 g/mol. The van der Waals surface area contributed by atoms with Gasteiger partial charge >= 0.3 is 17.8 Å². The minimum atomic E-state index is -3.37. The van der Waals surface area contributed by atoms with Gasteiger partial charge in [0.1, 0.15) is 23.7 Å². The van der Waals surface area contributed by atoms with Crippen LogP contribution in [0.4, 0.5) is 15.0 Å². The number of alkyl halides is 1. The van der Waals surface area contributed by atoms with Crippen LogP contribution in [0.2, 0.25) is 0 Å². The lowest BCUT2D eigenvalue weighted by Crippen LogP contribution is -2.64. The zero-order valence-corrected chi connectivity index (χ0v) is 38.3. The van der Waals surface area contributed by atoms with Gasteiger partial charge < -0.3 is 49.5 Å². The number of aliphatic hydroxyl groups is 1. The Hall–Kier alpha value is -5.18. The van der Waals surface area contributed by atoms with Gasteiger partial charge in [0.25, 0.3) is 11.4 Å². The Labute approximate surface area is 376 Å². The number of nitrogens with zero attached hydrogens (tertiary/aromatic N) is 4. The molecule has 6 rings (SSSR count). The summed E-state index contributed by atoms with van der Waals surface area (Å²) < 4.78 is 54.7. The number of carbonyl (C=O) groups is 4. The summed E-state index contributed by atoms with van der Waals surface area (Å²) >= 11 is 0. The molecule has 3 aliphatic rings. The van der Waals surface area contributed by atoms with Gasteiger partial charge in [-0.2, -0.15) is 4.98 Å². The van der Waals surface area contributed by atoms with Crippen molar-refractivity contribution in [2.45, 2.75) is 121 Å². The molecule has 1 amide bonds. The summed E-state index contributed by atoms with van der Waals surface area (Å²) in [5.41, 5.74) is -0.718. The van der Waals surface area contributed by atoms with Gasteiger partial charge in [0.2, 0.25) is 0 Å². The molecule has 1 aromatic carbocycles. The van der Waals surface area contributed by atoms with Crippen LogP contribution >= 0.6 is 0 Å². The number of nitrogens with one attached hydrogen (secondary N) is 1. The average molecular weight is 909 g/mol. The number of alkyl carbamates (subject to hydrolysis) is 1. The second-order valence-electron chi connectivity index (χ2n) is 17.9. The number of cyclic esters (lactones) is 1. The number of Topliss-reactive ketones (excluding diaryl/α,β-unsaturated/α-hetero) is 2. The number of pyridine rings is 1. The lowest BCUT2D eigenvalue weighted by atomic mass is 9.74. The third kappa shape index (κ3) is 9.85. The van der Waals surface area contributed by atoms with E-state index in [4.69, 9.17) is 34.2 Å². The van der Waals surface area contributed by atoms with E-state index in [-0.39, 0.29) is 31.9 Å². The van der Waals surface area contributed by atoms with Crippen molar-refractivity contribution in [1.29, 1.82) is 0 Å². The number of aliphatic hydroxyl groups excluding tert-OH is 1. The quantitative estimate of drug-likeness (QED) is 0.142. The lowest BCUT2D eigenvalue weighted by molar-refractivity contribution is -0.301. The van der Waals surface area contributed by atoms with Crippen LogP contribution in [-0.2, 0) is 48.5 Å². The van der Waals surface area contributed by atoms with Gasteiger partial charge in [-0.1, -0.05) is 58.0 Å². The van der Waals surface area contributed by atoms with Crippen molar-refractivity contribution in [1.82, 2.24) is 24.8 Å². The summed E-state index contributed by atoms with van der Waals surface area (Å²) in [6, 6.07) is 9.14. The van der Waals surface area contributed by atoms with Crippen LogP contribution in [0, 0.1) is 17.8 Å². The molecule has 3 saturated heterocycles. The van der Waals surface area contributed by atoms with Crippen LogP contribution in [-0.4, -0.2) is 137 Å². The molecular formula is C46H61FN6O12. The van der Waals surface area contributed by atoms with Gasteiger partial charge in [0.05, 0.1) is 36.5 Å². The summed E-state index contributed by atoms with van der Waals surface area (Å²) in [6.07, 6.45) is -0.822. The number of halogens is 1. The number of nitrogens with two attached hydrogens (primary N) is 1. The molecule has 3 aromatic rings. The number of aromatic nitrogens is 3. The number of carbonyl (C=O) groups excluding carboxylic acids is 4. The van der Waals surface area contributed by atoms with E-state index in [1.165, 1.54) is 40.1 Å². The monoisotopic (exact) mass is 908 g/mol. The van der Waals surface area contributed by atoms with Crippen LogP contribution in [0.5, 0.6) is 0 Å². The van der Waals surface area contributed by atoms with Crippen molar-refractivity contribution in [3.05, 3.63) is 70.9 Å². The fourth-order valence-corrected chi connectivity index (χ4v) is 9.48. The van der Waals surface area contributed by atoms with Gasteiger partial charge in [0, 0.05) is 48.7 Å². The highest BCUT2D eigenvalue weighted by molar-refractivity contribution is 6.08. The van der Waals surface area contributed by atoms with E-state index in [9.17, 15) is 29.1 Å². The minimum Gasteiger partial charge on any atom is -0.453 e. The highest BCUT2D eigenvalue weighted by atomic mass is 19.1. The first-order valence-corrected chi connectivity index (χ1v) is 21.8. The smallest absolute Gasteiger partial charge is 0.409 e. The van der Waals surface area contributed by atoms with Gasteiger partial charge in [-0.05, 0) is 71.0 Å². The molecule has 0 bridgehead atoms. The summed E-state index contributed by atoms with van der Waals surface area (Å²) in [6.45, 7) is 8.64. The first kappa shape index (κ1) is 49.3. The maximum atomic E-state index is 17.2. The van der Waals surface area contributed by atoms with Crippen molar-refractivity contribution in [2.75, 3.05) is 40.2 Å². The van der Waals surface area contributed by atoms with E-state index in [2.05, 4.69) is 15.3 Å². The lowest BCUT2D eigenvalue weighted by Gasteiger charge is -2.47. The minimum absolute atomic E-state index is 0.0931. The number of fused-ring (bicyclic) bond motifs is 2. The number of para-hydroxylation sites is 1. The summed E-state index contributed by atoms with van der Waals surface area (Å²) in [4.78, 5) is 80.0. The van der Waals surface area contributed by atoms with Crippen molar-refractivity contribution < 1.29 is 57.1 Å². The Morgan fingerprint density at radius 3 is 2.49 bits per heavy atom. The maximum Gasteiger partial charge on any atom is 0.409 e. The van der Waals surface area contributed by atoms with Gasteiger partial charge in [-0.3, -0.25) is 19.1 Å². The van der Waals surface area contributed by atoms with Crippen molar-refractivity contribution >= 4 is 46.4 Å². The van der Waals surface area contributed by atoms with Crippen LogP contribution < -0.4 is 16.7 Å². The zero-order chi connectivity index (χ0) is 47.6. The normalized spacial score (nSPS) is 35.1. The Kier molecular flexibility index (Phi) is 15.0. The van der Waals surface area contributed by atoms with E-state index in [1.54, 1.807) is 34.1 Å². The molecule has 0 radical (unpaired) electrons. The van der Waals surface area contributed by atoms with Crippen LogP contribution in [0.1, 0.15) is 66.4 Å². The molecule has 3 fully saturated rings.